The van der Waals surface area contributed by atoms with Crippen LogP contribution in [-0.2, 0) is 6.42 Å². The predicted octanol–water partition coefficient (Wildman–Crippen LogP) is 1.60. The number of terminal acetylenes is 1. The van der Waals surface area contributed by atoms with Gasteiger partial charge in [0.1, 0.15) is 11.8 Å². The maximum atomic E-state index is 5.59. The van der Waals surface area contributed by atoms with Gasteiger partial charge >= 0.3 is 0 Å². The fourth-order valence-electron chi connectivity index (χ4n) is 2.67. The van der Waals surface area contributed by atoms with Gasteiger partial charge in [0.2, 0.25) is 0 Å². The Morgan fingerprint density at radius 3 is 3.37 bits per heavy atom. The summed E-state index contributed by atoms with van der Waals surface area (Å²) in [7, 11) is 0. The number of anilines is 1. The lowest BCUT2D eigenvalue weighted by atomic mass is 10.1. The van der Waals surface area contributed by atoms with Gasteiger partial charge < -0.3 is 9.64 Å². The molecule has 1 aromatic heterocycles. The summed E-state index contributed by atoms with van der Waals surface area (Å²) < 4.78 is 6.80. The van der Waals surface area contributed by atoms with Crippen molar-refractivity contribution in [2.75, 3.05) is 24.7 Å². The Morgan fingerprint density at radius 1 is 1.53 bits per heavy atom. The van der Waals surface area contributed by atoms with Crippen molar-refractivity contribution >= 4 is 26.7 Å². The lowest BCUT2D eigenvalue weighted by molar-refractivity contribution is 0.357. The number of benzene rings is 1. The van der Waals surface area contributed by atoms with E-state index in [0.717, 1.165) is 42.6 Å². The molecular formula is C14H13N3OS. The number of ether oxygens (including phenoxy) is 1. The van der Waals surface area contributed by atoms with E-state index in [1.54, 1.807) is 11.3 Å². The van der Waals surface area contributed by atoms with E-state index in [9.17, 15) is 0 Å². The number of hydrogen-bond donors (Lipinski definition) is 1. The quantitative estimate of drug-likeness (QED) is 0.800. The summed E-state index contributed by atoms with van der Waals surface area (Å²) in [5.41, 5.74) is 2.32. The van der Waals surface area contributed by atoms with Gasteiger partial charge in [-0.2, -0.15) is 0 Å². The lowest BCUT2D eigenvalue weighted by Crippen LogP contribution is -2.29. The van der Waals surface area contributed by atoms with Crippen LogP contribution in [0.1, 0.15) is 5.56 Å². The van der Waals surface area contributed by atoms with Crippen LogP contribution < -0.4 is 15.0 Å². The Morgan fingerprint density at radius 2 is 2.47 bits per heavy atom. The van der Waals surface area contributed by atoms with Gasteiger partial charge in [0, 0.05) is 18.5 Å². The Bertz CT molecular complexity index is 688. The first-order valence-electron chi connectivity index (χ1n) is 6.35. The molecule has 0 bridgehead atoms. The molecule has 96 valence electrons. The molecule has 1 atom stereocenters. The molecule has 0 spiro atoms. The molecule has 5 heteroatoms. The molecule has 1 N–H and O–H groups in total. The van der Waals surface area contributed by atoms with E-state index < -0.39 is 0 Å². The summed E-state index contributed by atoms with van der Waals surface area (Å²) in [4.78, 5) is 6.95. The molecule has 19 heavy (non-hydrogen) atoms. The fraction of sp³-hybridized carbons (Fsp3) is 0.357. The van der Waals surface area contributed by atoms with Crippen LogP contribution in [0.25, 0.3) is 10.2 Å². The van der Waals surface area contributed by atoms with Crippen molar-refractivity contribution in [3.63, 3.8) is 0 Å². The minimum absolute atomic E-state index is 0.102. The van der Waals surface area contributed by atoms with Gasteiger partial charge in [-0.1, -0.05) is 17.3 Å². The molecular weight excluding hydrogens is 258 g/mol. The van der Waals surface area contributed by atoms with E-state index in [4.69, 9.17) is 16.1 Å². The van der Waals surface area contributed by atoms with E-state index >= 15 is 0 Å². The number of thiazole rings is 1. The van der Waals surface area contributed by atoms with Gasteiger partial charge in [-0.15, -0.1) is 6.42 Å². The standard InChI is InChI=1S/C14H13N3OS/c1-2-9-7-15-8-17(9)14-16-13-10-5-6-18-11(10)3-4-12(13)19-14/h1,3-4,9,15H,5-8H2/t9-/m1/s1. The topological polar surface area (TPSA) is 37.4 Å². The molecule has 4 rings (SSSR count). The first-order valence-corrected chi connectivity index (χ1v) is 7.17. The Hall–Kier alpha value is -1.77. The second kappa shape index (κ2) is 4.12. The average Bonchev–Trinajstić information content (AvgIpc) is 3.15. The zero-order chi connectivity index (χ0) is 12.8. The zero-order valence-electron chi connectivity index (χ0n) is 10.3. The zero-order valence-corrected chi connectivity index (χ0v) is 11.2. The molecule has 1 aromatic carbocycles. The fourth-order valence-corrected chi connectivity index (χ4v) is 3.72. The number of fused-ring (bicyclic) bond motifs is 3. The van der Waals surface area contributed by atoms with Gasteiger partial charge in [-0.05, 0) is 12.1 Å². The Balaban J connectivity index is 1.83. The molecule has 4 nitrogen and oxygen atoms in total. The average molecular weight is 271 g/mol. The molecule has 1 saturated heterocycles. The van der Waals surface area contributed by atoms with Crippen molar-refractivity contribution < 1.29 is 4.74 Å². The molecule has 0 radical (unpaired) electrons. The molecule has 0 aliphatic carbocycles. The highest BCUT2D eigenvalue weighted by Crippen LogP contribution is 2.38. The van der Waals surface area contributed by atoms with Crippen LogP contribution in [0.3, 0.4) is 0 Å². The molecule has 0 amide bonds. The molecule has 2 aliphatic rings. The van der Waals surface area contributed by atoms with Crippen LogP contribution in [0.15, 0.2) is 12.1 Å². The minimum Gasteiger partial charge on any atom is -0.493 e. The number of hydrogen-bond acceptors (Lipinski definition) is 5. The van der Waals surface area contributed by atoms with E-state index in [-0.39, 0.29) is 6.04 Å². The molecule has 1 fully saturated rings. The van der Waals surface area contributed by atoms with Gasteiger partial charge in [0.25, 0.3) is 0 Å². The third kappa shape index (κ3) is 1.61. The summed E-state index contributed by atoms with van der Waals surface area (Å²) in [6.07, 6.45) is 6.52. The highest BCUT2D eigenvalue weighted by atomic mass is 32.1. The summed E-state index contributed by atoms with van der Waals surface area (Å²) in [5.74, 6) is 3.80. The number of nitrogens with zero attached hydrogens (tertiary/aromatic N) is 2. The van der Waals surface area contributed by atoms with Crippen molar-refractivity contribution in [3.8, 4) is 18.1 Å². The lowest BCUT2D eigenvalue weighted by Gasteiger charge is -2.17. The van der Waals surface area contributed by atoms with E-state index in [0.29, 0.717) is 0 Å². The van der Waals surface area contributed by atoms with Crippen molar-refractivity contribution in [2.24, 2.45) is 0 Å². The van der Waals surface area contributed by atoms with Gasteiger partial charge in [-0.25, -0.2) is 4.98 Å². The van der Waals surface area contributed by atoms with E-state index in [2.05, 4.69) is 22.2 Å². The van der Waals surface area contributed by atoms with Crippen LogP contribution >= 0.6 is 11.3 Å². The summed E-state index contributed by atoms with van der Waals surface area (Å²) >= 11 is 1.70. The van der Waals surface area contributed by atoms with Crippen LogP contribution in [0, 0.1) is 12.3 Å². The maximum Gasteiger partial charge on any atom is 0.188 e. The second-order valence-corrected chi connectivity index (χ2v) is 5.76. The summed E-state index contributed by atoms with van der Waals surface area (Å²) in [6.45, 7) is 2.36. The Kier molecular flexibility index (Phi) is 2.40. The highest BCUT2D eigenvalue weighted by molar-refractivity contribution is 7.22. The van der Waals surface area contributed by atoms with Crippen LogP contribution in [-0.4, -0.2) is 30.8 Å². The van der Waals surface area contributed by atoms with Gasteiger partial charge in [-0.3, -0.25) is 5.32 Å². The second-order valence-electron chi connectivity index (χ2n) is 4.75. The third-order valence-electron chi connectivity index (χ3n) is 3.66. The predicted molar refractivity (Wildman–Crippen MR) is 76.8 cm³/mol. The van der Waals surface area contributed by atoms with Crippen molar-refractivity contribution in [2.45, 2.75) is 12.5 Å². The SMILES string of the molecule is C#C[C@@H]1CNCN1c1nc2c3c(ccc2s1)OCC3. The van der Waals surface area contributed by atoms with Crippen LogP contribution in [0.2, 0.25) is 0 Å². The van der Waals surface area contributed by atoms with Crippen molar-refractivity contribution in [1.29, 1.82) is 0 Å². The van der Waals surface area contributed by atoms with Crippen LogP contribution in [0.4, 0.5) is 5.13 Å². The van der Waals surface area contributed by atoms with E-state index in [1.807, 2.05) is 6.07 Å². The monoisotopic (exact) mass is 271 g/mol. The number of rotatable bonds is 1. The van der Waals surface area contributed by atoms with E-state index in [1.165, 1.54) is 10.3 Å². The van der Waals surface area contributed by atoms with Crippen molar-refractivity contribution in [3.05, 3.63) is 17.7 Å². The Labute approximate surface area is 115 Å². The normalized spacial score (nSPS) is 21.4. The molecule has 2 aromatic rings. The van der Waals surface area contributed by atoms with Gasteiger partial charge in [0.15, 0.2) is 5.13 Å². The molecule has 0 unspecified atom stereocenters. The highest BCUT2D eigenvalue weighted by Gasteiger charge is 2.26. The van der Waals surface area contributed by atoms with Crippen LogP contribution in [0.5, 0.6) is 5.75 Å². The summed E-state index contributed by atoms with van der Waals surface area (Å²) in [5, 5.41) is 4.30. The minimum atomic E-state index is 0.102. The van der Waals surface area contributed by atoms with Crippen molar-refractivity contribution in [1.82, 2.24) is 10.3 Å². The molecule has 3 heterocycles. The largest absolute Gasteiger partial charge is 0.493 e. The summed E-state index contributed by atoms with van der Waals surface area (Å²) in [6, 6.07) is 4.24. The first kappa shape index (κ1) is 11.1. The molecule has 2 aliphatic heterocycles. The third-order valence-corrected chi connectivity index (χ3v) is 4.71. The smallest absolute Gasteiger partial charge is 0.188 e. The number of nitrogens with one attached hydrogen (secondary N) is 1. The van der Waals surface area contributed by atoms with Gasteiger partial charge in [0.05, 0.1) is 23.5 Å². The number of aromatic nitrogens is 1. The molecule has 0 saturated carbocycles. The maximum absolute atomic E-state index is 5.59. The first-order chi connectivity index (χ1) is 9.36.